The van der Waals surface area contributed by atoms with Gasteiger partial charge in [-0.15, -0.1) is 10.2 Å². The average molecular weight is 305 g/mol. The molecule has 4 rings (SSSR count). The molecule has 1 aliphatic rings. The third-order valence-electron chi connectivity index (χ3n) is 3.66. The zero-order valence-electron chi connectivity index (χ0n) is 12.0. The molecule has 0 saturated carbocycles. The van der Waals surface area contributed by atoms with Crippen molar-refractivity contribution in [1.82, 2.24) is 15.1 Å². The number of aromatic nitrogens is 2. The van der Waals surface area contributed by atoms with Gasteiger partial charge < -0.3 is 4.42 Å². The number of nitrogens with zero attached hydrogens (tertiary/aromatic N) is 3. The Morgan fingerprint density at radius 3 is 2.09 bits per heavy atom. The van der Waals surface area contributed by atoms with Crippen molar-refractivity contribution in [1.29, 1.82) is 0 Å². The van der Waals surface area contributed by atoms with Crippen molar-refractivity contribution in [2.24, 2.45) is 0 Å². The summed E-state index contributed by atoms with van der Waals surface area (Å²) in [6, 6.07) is 16.0. The van der Waals surface area contributed by atoms with Crippen LogP contribution in [0.15, 0.2) is 59.0 Å². The minimum Gasteiger partial charge on any atom is -0.419 e. The number of fused-ring (bicyclic) bond motifs is 1. The summed E-state index contributed by atoms with van der Waals surface area (Å²) in [5.41, 5.74) is 1.59. The molecule has 0 unspecified atom stereocenters. The number of hydrogen-bond acceptors (Lipinski definition) is 5. The van der Waals surface area contributed by atoms with Crippen LogP contribution in [0.1, 0.15) is 26.6 Å². The Hall–Kier alpha value is -3.28. The monoisotopic (exact) mass is 305 g/mol. The highest BCUT2D eigenvalue weighted by Crippen LogP contribution is 2.25. The molecule has 6 nitrogen and oxygen atoms in total. The van der Waals surface area contributed by atoms with Crippen LogP contribution in [-0.2, 0) is 6.54 Å². The van der Waals surface area contributed by atoms with Gasteiger partial charge in [-0.25, -0.2) is 0 Å². The highest BCUT2D eigenvalue weighted by molar-refractivity contribution is 6.21. The van der Waals surface area contributed by atoms with Crippen LogP contribution < -0.4 is 0 Å². The minimum absolute atomic E-state index is 0.0355. The number of rotatable bonds is 3. The van der Waals surface area contributed by atoms with Crippen molar-refractivity contribution < 1.29 is 14.0 Å². The second-order valence-corrected chi connectivity index (χ2v) is 5.11. The molecular weight excluding hydrogens is 294 g/mol. The van der Waals surface area contributed by atoms with E-state index in [-0.39, 0.29) is 24.2 Å². The Kier molecular flexibility index (Phi) is 3.01. The molecule has 1 aliphatic heterocycles. The molecular formula is C17H11N3O3. The van der Waals surface area contributed by atoms with Gasteiger partial charge >= 0.3 is 0 Å². The van der Waals surface area contributed by atoms with E-state index < -0.39 is 0 Å². The maximum Gasteiger partial charge on any atom is 0.262 e. The molecule has 2 heterocycles. The molecule has 0 spiro atoms. The summed E-state index contributed by atoms with van der Waals surface area (Å²) in [7, 11) is 0. The second-order valence-electron chi connectivity index (χ2n) is 5.11. The smallest absolute Gasteiger partial charge is 0.262 e. The van der Waals surface area contributed by atoms with E-state index >= 15 is 0 Å². The average Bonchev–Trinajstić information content (AvgIpc) is 3.16. The lowest BCUT2D eigenvalue weighted by atomic mass is 10.1. The van der Waals surface area contributed by atoms with E-state index in [2.05, 4.69) is 10.2 Å². The summed E-state index contributed by atoms with van der Waals surface area (Å²) in [5, 5.41) is 7.89. The number of carbonyl (C=O) groups is 2. The first-order chi connectivity index (χ1) is 11.2. The summed E-state index contributed by atoms with van der Waals surface area (Å²) in [6.07, 6.45) is 0. The van der Waals surface area contributed by atoms with E-state index in [1.54, 1.807) is 24.3 Å². The van der Waals surface area contributed by atoms with Crippen molar-refractivity contribution in [3.63, 3.8) is 0 Å². The Morgan fingerprint density at radius 1 is 0.826 bits per heavy atom. The normalized spacial score (nSPS) is 13.5. The highest BCUT2D eigenvalue weighted by atomic mass is 16.4. The number of amides is 2. The third-order valence-corrected chi connectivity index (χ3v) is 3.66. The number of hydrogen-bond donors (Lipinski definition) is 0. The van der Waals surface area contributed by atoms with Crippen LogP contribution in [0.4, 0.5) is 0 Å². The van der Waals surface area contributed by atoms with E-state index in [0.29, 0.717) is 17.0 Å². The van der Waals surface area contributed by atoms with Gasteiger partial charge in [0.05, 0.1) is 11.1 Å². The van der Waals surface area contributed by atoms with Gasteiger partial charge in [0.15, 0.2) is 0 Å². The Morgan fingerprint density at radius 2 is 1.43 bits per heavy atom. The van der Waals surface area contributed by atoms with Crippen molar-refractivity contribution in [2.75, 3.05) is 0 Å². The Balaban J connectivity index is 1.60. The molecule has 0 bridgehead atoms. The van der Waals surface area contributed by atoms with Crippen LogP contribution in [-0.4, -0.2) is 26.9 Å². The molecule has 6 heteroatoms. The van der Waals surface area contributed by atoms with Gasteiger partial charge in [0.25, 0.3) is 11.8 Å². The van der Waals surface area contributed by atoms with Gasteiger partial charge in [-0.05, 0) is 24.3 Å². The first-order valence-corrected chi connectivity index (χ1v) is 7.07. The van der Waals surface area contributed by atoms with Crippen LogP contribution >= 0.6 is 0 Å². The molecule has 0 radical (unpaired) electrons. The lowest BCUT2D eigenvalue weighted by Gasteiger charge is -2.10. The largest absolute Gasteiger partial charge is 0.419 e. The second kappa shape index (κ2) is 5.17. The lowest BCUT2D eigenvalue weighted by molar-refractivity contribution is 0.0629. The zero-order chi connectivity index (χ0) is 15.8. The van der Waals surface area contributed by atoms with Gasteiger partial charge in [0.2, 0.25) is 11.8 Å². The topological polar surface area (TPSA) is 76.3 Å². The molecule has 3 aromatic rings. The van der Waals surface area contributed by atoms with Crippen molar-refractivity contribution in [3.05, 3.63) is 71.6 Å². The molecule has 2 aromatic carbocycles. The van der Waals surface area contributed by atoms with Gasteiger partial charge in [-0.1, -0.05) is 30.3 Å². The van der Waals surface area contributed by atoms with Crippen LogP contribution in [0.2, 0.25) is 0 Å². The minimum atomic E-state index is -0.343. The summed E-state index contributed by atoms with van der Waals surface area (Å²) < 4.78 is 5.56. The SMILES string of the molecule is O=C1c2ccccc2C(=O)N1Cc1nnc(-c2ccccc2)o1. The van der Waals surface area contributed by atoms with Gasteiger partial charge in [-0.3, -0.25) is 14.5 Å². The molecule has 0 aliphatic carbocycles. The quantitative estimate of drug-likeness (QED) is 0.695. The maximum absolute atomic E-state index is 12.3. The summed E-state index contributed by atoms with van der Waals surface area (Å²) in [6.45, 7) is -0.0355. The fourth-order valence-corrected chi connectivity index (χ4v) is 2.53. The molecule has 112 valence electrons. The molecule has 0 N–H and O–H groups in total. The molecule has 2 amide bonds. The van der Waals surface area contributed by atoms with Gasteiger partial charge in [0, 0.05) is 5.56 Å². The standard InChI is InChI=1S/C17H11N3O3/c21-16-12-8-4-5-9-13(12)17(22)20(16)10-14-18-19-15(23-14)11-6-2-1-3-7-11/h1-9H,10H2. The summed E-state index contributed by atoms with van der Waals surface area (Å²) in [4.78, 5) is 25.7. The zero-order valence-corrected chi connectivity index (χ0v) is 12.0. The molecule has 1 aromatic heterocycles. The highest BCUT2D eigenvalue weighted by Gasteiger charge is 2.36. The van der Waals surface area contributed by atoms with Gasteiger partial charge in [0.1, 0.15) is 6.54 Å². The lowest BCUT2D eigenvalue weighted by Crippen LogP contribution is -2.29. The van der Waals surface area contributed by atoms with Crippen molar-refractivity contribution in [3.8, 4) is 11.5 Å². The van der Waals surface area contributed by atoms with E-state index in [1.807, 2.05) is 30.3 Å². The molecule has 0 atom stereocenters. The molecule has 23 heavy (non-hydrogen) atoms. The summed E-state index contributed by atoms with van der Waals surface area (Å²) in [5.74, 6) is -0.106. The Bertz CT molecular complexity index is 867. The third kappa shape index (κ3) is 2.20. The van der Waals surface area contributed by atoms with Crippen LogP contribution in [0, 0.1) is 0 Å². The fraction of sp³-hybridized carbons (Fsp3) is 0.0588. The van der Waals surface area contributed by atoms with Crippen LogP contribution in [0.5, 0.6) is 0 Å². The van der Waals surface area contributed by atoms with E-state index in [9.17, 15) is 9.59 Å². The molecule has 0 fully saturated rings. The summed E-state index contributed by atoms with van der Waals surface area (Å²) >= 11 is 0. The first kappa shape index (κ1) is 13.4. The van der Waals surface area contributed by atoms with E-state index in [0.717, 1.165) is 10.5 Å². The molecule has 0 saturated heterocycles. The van der Waals surface area contributed by atoms with Crippen molar-refractivity contribution in [2.45, 2.75) is 6.54 Å². The predicted molar refractivity (Wildman–Crippen MR) is 80.4 cm³/mol. The number of imide groups is 1. The predicted octanol–water partition coefficient (Wildman–Crippen LogP) is 2.53. The van der Waals surface area contributed by atoms with Crippen LogP contribution in [0.25, 0.3) is 11.5 Å². The maximum atomic E-state index is 12.3. The van der Waals surface area contributed by atoms with Crippen molar-refractivity contribution >= 4 is 11.8 Å². The van der Waals surface area contributed by atoms with E-state index in [1.165, 1.54) is 0 Å². The van der Waals surface area contributed by atoms with Crippen LogP contribution in [0.3, 0.4) is 0 Å². The van der Waals surface area contributed by atoms with Gasteiger partial charge in [-0.2, -0.15) is 0 Å². The van der Waals surface area contributed by atoms with E-state index in [4.69, 9.17) is 4.42 Å². The number of benzene rings is 2. The fourth-order valence-electron chi connectivity index (χ4n) is 2.53. The Labute approximate surface area is 131 Å². The first-order valence-electron chi connectivity index (χ1n) is 7.07. The number of carbonyl (C=O) groups excluding carboxylic acids is 2.